The average Bonchev–Trinajstić information content (AvgIpc) is 3.40. The molecule has 0 saturated carbocycles. The Labute approximate surface area is 193 Å². The van der Waals surface area contributed by atoms with E-state index in [0.717, 1.165) is 11.3 Å². The maximum Gasteiger partial charge on any atom is 0.265 e. The van der Waals surface area contributed by atoms with Gasteiger partial charge < -0.3 is 5.32 Å². The SMILES string of the molecule is CC(NC(=O)CC1CSc2nc3c(cnn3-c3ccc(Cl)cc3)c(=O)n21)c1ccccc1. The second-order valence-electron chi connectivity index (χ2n) is 7.71. The summed E-state index contributed by atoms with van der Waals surface area (Å²) in [5, 5.41) is 9.05. The molecule has 0 saturated heterocycles. The van der Waals surface area contributed by atoms with Gasteiger partial charge in [-0.15, -0.1) is 0 Å². The number of rotatable bonds is 5. The van der Waals surface area contributed by atoms with Crippen LogP contribution in [0.3, 0.4) is 0 Å². The molecule has 0 aliphatic carbocycles. The molecule has 1 amide bonds. The van der Waals surface area contributed by atoms with Crippen molar-refractivity contribution < 1.29 is 4.79 Å². The molecule has 1 N–H and O–H groups in total. The number of amides is 1. The molecule has 0 radical (unpaired) electrons. The molecule has 1 aliphatic rings. The molecule has 2 aromatic heterocycles. The van der Waals surface area contributed by atoms with Gasteiger partial charge in [0.05, 0.1) is 24.0 Å². The van der Waals surface area contributed by atoms with Crippen LogP contribution in [0.4, 0.5) is 0 Å². The third-order valence-corrected chi connectivity index (χ3v) is 6.89. The zero-order chi connectivity index (χ0) is 22.2. The first-order valence-electron chi connectivity index (χ1n) is 10.2. The molecule has 2 atom stereocenters. The fraction of sp³-hybridized carbons (Fsp3) is 0.217. The number of fused-ring (bicyclic) bond motifs is 2. The van der Waals surface area contributed by atoms with Gasteiger partial charge in [-0.2, -0.15) is 5.10 Å². The number of benzene rings is 2. The van der Waals surface area contributed by atoms with E-state index in [4.69, 9.17) is 16.6 Å². The topological polar surface area (TPSA) is 81.8 Å². The van der Waals surface area contributed by atoms with E-state index in [1.54, 1.807) is 21.4 Å². The third-order valence-electron chi connectivity index (χ3n) is 5.54. The van der Waals surface area contributed by atoms with Crippen LogP contribution in [0.25, 0.3) is 16.7 Å². The fourth-order valence-corrected chi connectivity index (χ4v) is 5.15. The van der Waals surface area contributed by atoms with Crippen LogP contribution in [0, 0.1) is 0 Å². The predicted molar refractivity (Wildman–Crippen MR) is 126 cm³/mol. The minimum Gasteiger partial charge on any atom is -0.350 e. The Morgan fingerprint density at radius 2 is 1.97 bits per heavy atom. The van der Waals surface area contributed by atoms with Crippen LogP contribution in [0.1, 0.15) is 31.0 Å². The molecule has 0 spiro atoms. The highest BCUT2D eigenvalue weighted by atomic mass is 35.5. The molecule has 2 aromatic carbocycles. The van der Waals surface area contributed by atoms with Crippen LogP contribution in [0.5, 0.6) is 0 Å². The van der Waals surface area contributed by atoms with E-state index in [0.29, 0.717) is 27.0 Å². The number of hydrogen-bond donors (Lipinski definition) is 1. The third kappa shape index (κ3) is 3.80. The van der Waals surface area contributed by atoms with E-state index in [9.17, 15) is 9.59 Å². The van der Waals surface area contributed by atoms with Crippen molar-refractivity contribution in [1.82, 2.24) is 24.6 Å². The smallest absolute Gasteiger partial charge is 0.265 e. The quantitative estimate of drug-likeness (QED) is 0.448. The van der Waals surface area contributed by atoms with Crippen molar-refractivity contribution in [2.24, 2.45) is 0 Å². The standard InChI is InChI=1S/C23H20ClN5O2S/c1-14(15-5-3-2-4-6-15)26-20(30)11-18-13-32-23-27-21-19(22(31)28(18)23)12-25-29(21)17-9-7-16(24)8-10-17/h2-10,12,14,18H,11,13H2,1H3,(H,26,30). The summed E-state index contributed by atoms with van der Waals surface area (Å²) < 4.78 is 3.27. The first kappa shape index (κ1) is 20.8. The maximum atomic E-state index is 13.3. The number of hydrogen-bond acceptors (Lipinski definition) is 5. The summed E-state index contributed by atoms with van der Waals surface area (Å²) in [5.74, 6) is 0.528. The van der Waals surface area contributed by atoms with Gasteiger partial charge in [0, 0.05) is 17.2 Å². The summed E-state index contributed by atoms with van der Waals surface area (Å²) in [6.45, 7) is 1.95. The van der Waals surface area contributed by atoms with Gasteiger partial charge in [0.15, 0.2) is 10.8 Å². The molecule has 3 heterocycles. The van der Waals surface area contributed by atoms with Crippen molar-refractivity contribution in [1.29, 1.82) is 0 Å². The van der Waals surface area contributed by atoms with Crippen molar-refractivity contribution in [3.05, 3.63) is 81.7 Å². The van der Waals surface area contributed by atoms with Crippen LogP contribution in [-0.2, 0) is 4.79 Å². The van der Waals surface area contributed by atoms with Gasteiger partial charge in [-0.3, -0.25) is 14.2 Å². The van der Waals surface area contributed by atoms with Gasteiger partial charge in [-0.25, -0.2) is 9.67 Å². The lowest BCUT2D eigenvalue weighted by Gasteiger charge is -2.17. The minimum atomic E-state index is -0.249. The van der Waals surface area contributed by atoms with Gasteiger partial charge in [-0.1, -0.05) is 53.7 Å². The lowest BCUT2D eigenvalue weighted by Crippen LogP contribution is -2.32. The molecule has 162 valence electrons. The molecule has 0 fully saturated rings. The van der Waals surface area contributed by atoms with Gasteiger partial charge in [0.1, 0.15) is 5.39 Å². The van der Waals surface area contributed by atoms with Crippen molar-refractivity contribution in [3.8, 4) is 5.69 Å². The van der Waals surface area contributed by atoms with Crippen molar-refractivity contribution in [2.75, 3.05) is 5.75 Å². The molecule has 32 heavy (non-hydrogen) atoms. The van der Waals surface area contributed by atoms with E-state index in [2.05, 4.69) is 10.4 Å². The number of nitrogens with zero attached hydrogens (tertiary/aromatic N) is 4. The first-order valence-corrected chi connectivity index (χ1v) is 11.6. The first-order chi connectivity index (χ1) is 15.5. The van der Waals surface area contributed by atoms with Crippen molar-refractivity contribution in [2.45, 2.75) is 30.6 Å². The molecule has 2 unspecified atom stereocenters. The summed E-state index contributed by atoms with van der Waals surface area (Å²) in [6, 6.07) is 16.6. The Balaban J connectivity index is 1.40. The lowest BCUT2D eigenvalue weighted by molar-refractivity contribution is -0.122. The fourth-order valence-electron chi connectivity index (χ4n) is 3.89. The molecule has 9 heteroatoms. The Bertz CT molecular complexity index is 1350. The van der Waals surface area contributed by atoms with Gasteiger partial charge in [0.25, 0.3) is 5.56 Å². The van der Waals surface area contributed by atoms with E-state index >= 15 is 0 Å². The number of thioether (sulfide) groups is 1. The number of carbonyl (C=O) groups is 1. The number of carbonyl (C=O) groups excluding carboxylic acids is 1. The number of nitrogens with one attached hydrogen (secondary N) is 1. The molecule has 5 rings (SSSR count). The zero-order valence-corrected chi connectivity index (χ0v) is 18.8. The number of aromatic nitrogens is 4. The van der Waals surface area contributed by atoms with Crippen molar-refractivity contribution >= 4 is 40.3 Å². The summed E-state index contributed by atoms with van der Waals surface area (Å²) in [4.78, 5) is 30.7. The van der Waals surface area contributed by atoms with E-state index in [1.807, 2.05) is 49.4 Å². The van der Waals surface area contributed by atoms with Gasteiger partial charge >= 0.3 is 0 Å². The summed E-state index contributed by atoms with van der Waals surface area (Å²) in [7, 11) is 0. The van der Waals surface area contributed by atoms with E-state index < -0.39 is 0 Å². The zero-order valence-electron chi connectivity index (χ0n) is 17.2. The largest absolute Gasteiger partial charge is 0.350 e. The van der Waals surface area contributed by atoms with Crippen LogP contribution < -0.4 is 10.9 Å². The number of halogens is 1. The van der Waals surface area contributed by atoms with Crippen LogP contribution >= 0.6 is 23.4 Å². The Kier molecular flexibility index (Phi) is 5.48. The molecule has 1 aliphatic heterocycles. The molecular weight excluding hydrogens is 446 g/mol. The highest BCUT2D eigenvalue weighted by molar-refractivity contribution is 7.99. The minimum absolute atomic E-state index is 0.0938. The Morgan fingerprint density at radius 3 is 2.72 bits per heavy atom. The highest BCUT2D eigenvalue weighted by Crippen LogP contribution is 2.33. The van der Waals surface area contributed by atoms with Gasteiger partial charge in [-0.05, 0) is 36.8 Å². The summed E-state index contributed by atoms with van der Waals surface area (Å²) >= 11 is 7.46. The lowest BCUT2D eigenvalue weighted by atomic mass is 10.1. The Morgan fingerprint density at radius 1 is 1.22 bits per heavy atom. The molecule has 4 aromatic rings. The van der Waals surface area contributed by atoms with Crippen molar-refractivity contribution in [3.63, 3.8) is 0 Å². The van der Waals surface area contributed by atoms with E-state index in [-0.39, 0.29) is 30.0 Å². The molecule has 0 bridgehead atoms. The maximum absolute atomic E-state index is 13.3. The summed E-state index contributed by atoms with van der Waals surface area (Å²) in [6.07, 6.45) is 1.75. The molecule has 7 nitrogen and oxygen atoms in total. The van der Waals surface area contributed by atoms with E-state index in [1.165, 1.54) is 18.0 Å². The second-order valence-corrected chi connectivity index (χ2v) is 9.13. The molecular formula is C23H20ClN5O2S. The van der Waals surface area contributed by atoms with Gasteiger partial charge in [0.2, 0.25) is 5.91 Å². The second kappa shape index (κ2) is 8.44. The van der Waals surface area contributed by atoms with Crippen LogP contribution in [0.15, 0.2) is 70.7 Å². The Hall–Kier alpha value is -3.10. The van der Waals surface area contributed by atoms with Crippen LogP contribution in [-0.4, -0.2) is 31.0 Å². The highest BCUT2D eigenvalue weighted by Gasteiger charge is 2.30. The normalized spacial score (nSPS) is 16.1. The predicted octanol–water partition coefficient (Wildman–Crippen LogP) is 4.15. The monoisotopic (exact) mass is 465 g/mol. The van der Waals surface area contributed by atoms with Crippen LogP contribution in [0.2, 0.25) is 5.02 Å². The average molecular weight is 466 g/mol. The summed E-state index contributed by atoms with van der Waals surface area (Å²) in [5.41, 5.74) is 2.13.